The first-order valence-electron chi connectivity index (χ1n) is 7.50. The maximum absolute atomic E-state index is 9.67. The molecule has 3 rings (SSSR count). The van der Waals surface area contributed by atoms with Crippen LogP contribution >= 0.6 is 11.3 Å². The van der Waals surface area contributed by atoms with E-state index in [1.807, 2.05) is 24.5 Å². The van der Waals surface area contributed by atoms with Crippen molar-refractivity contribution in [3.05, 3.63) is 29.4 Å². The van der Waals surface area contributed by atoms with E-state index in [9.17, 15) is 5.11 Å². The summed E-state index contributed by atoms with van der Waals surface area (Å²) in [7, 11) is 0. The third-order valence-electron chi connectivity index (χ3n) is 3.46. The summed E-state index contributed by atoms with van der Waals surface area (Å²) in [5, 5.41) is 9.67. The van der Waals surface area contributed by atoms with Crippen LogP contribution in [0.25, 0.3) is 10.7 Å². The molecule has 1 saturated heterocycles. The Kier molecular flexibility index (Phi) is 4.34. The van der Waals surface area contributed by atoms with Crippen LogP contribution in [0.15, 0.2) is 24.5 Å². The van der Waals surface area contributed by atoms with Crippen LogP contribution in [0.5, 0.6) is 0 Å². The molecule has 0 saturated carbocycles. The van der Waals surface area contributed by atoms with Gasteiger partial charge in [0.15, 0.2) is 0 Å². The molecule has 1 fully saturated rings. The van der Waals surface area contributed by atoms with Crippen LogP contribution in [0.2, 0.25) is 0 Å². The summed E-state index contributed by atoms with van der Waals surface area (Å²) < 4.78 is 7.85. The molecule has 0 radical (unpaired) electrons. The summed E-state index contributed by atoms with van der Waals surface area (Å²) in [6.07, 6.45) is 6.38. The van der Waals surface area contributed by atoms with Gasteiger partial charge in [0, 0.05) is 19.0 Å². The highest BCUT2D eigenvalue weighted by atomic mass is 32.1. The summed E-state index contributed by atoms with van der Waals surface area (Å²) in [5.74, 6) is 6.81. The van der Waals surface area contributed by atoms with Gasteiger partial charge in [0.1, 0.15) is 11.4 Å². The predicted molar refractivity (Wildman–Crippen MR) is 87.7 cm³/mol. The van der Waals surface area contributed by atoms with Crippen LogP contribution in [0, 0.1) is 11.8 Å². The van der Waals surface area contributed by atoms with E-state index in [0.29, 0.717) is 6.10 Å². The quantitative estimate of drug-likeness (QED) is 0.886. The van der Waals surface area contributed by atoms with Crippen molar-refractivity contribution < 1.29 is 9.84 Å². The lowest BCUT2D eigenvalue weighted by molar-refractivity contribution is 0.0974. The molecule has 1 N–H and O–H groups in total. The van der Waals surface area contributed by atoms with E-state index in [4.69, 9.17) is 4.74 Å². The molecule has 0 spiro atoms. The van der Waals surface area contributed by atoms with Crippen LogP contribution in [0.4, 0.5) is 0 Å². The van der Waals surface area contributed by atoms with Gasteiger partial charge in [-0.1, -0.05) is 11.8 Å². The summed E-state index contributed by atoms with van der Waals surface area (Å²) in [4.78, 5) is 6.49. The van der Waals surface area contributed by atoms with Crippen molar-refractivity contribution in [2.45, 2.75) is 44.9 Å². The van der Waals surface area contributed by atoms with E-state index in [1.54, 1.807) is 25.2 Å². The van der Waals surface area contributed by atoms with Crippen molar-refractivity contribution in [2.24, 2.45) is 0 Å². The molecule has 1 aliphatic rings. The molecule has 0 amide bonds. The van der Waals surface area contributed by atoms with E-state index in [2.05, 4.69) is 21.4 Å². The van der Waals surface area contributed by atoms with Gasteiger partial charge in [-0.25, -0.2) is 4.98 Å². The number of nitrogens with zero attached hydrogens (tertiary/aromatic N) is 2. The zero-order valence-electron chi connectivity index (χ0n) is 12.9. The number of imidazole rings is 1. The minimum absolute atomic E-state index is 0.294. The zero-order chi connectivity index (χ0) is 15.6. The minimum Gasteiger partial charge on any atom is -0.378 e. The van der Waals surface area contributed by atoms with Crippen molar-refractivity contribution in [3.63, 3.8) is 0 Å². The Labute approximate surface area is 134 Å². The molecule has 1 aliphatic heterocycles. The van der Waals surface area contributed by atoms with Crippen molar-refractivity contribution in [3.8, 4) is 22.5 Å². The van der Waals surface area contributed by atoms with Crippen LogP contribution in [0.3, 0.4) is 0 Å². The zero-order valence-corrected chi connectivity index (χ0v) is 13.7. The molecule has 0 aliphatic carbocycles. The second-order valence-corrected chi connectivity index (χ2v) is 7.09. The standard InChI is InChI=1S/C17H20N2O2S/c1-17(2,20)8-7-14-5-6-15(22-14)16-18-9-10-19(16)12-13-4-3-11-21-13/h5-6,9-10,13,20H,3-4,11-12H2,1-2H3/t13-/m0/s1. The molecule has 22 heavy (non-hydrogen) atoms. The molecule has 4 nitrogen and oxygen atoms in total. The largest absolute Gasteiger partial charge is 0.378 e. The average molecular weight is 316 g/mol. The molecule has 0 aromatic carbocycles. The Balaban J connectivity index is 1.78. The van der Waals surface area contributed by atoms with Crippen LogP contribution < -0.4 is 0 Å². The SMILES string of the molecule is CC(C)(O)C#Cc1ccc(-c2nccn2C[C@@H]2CCCO2)s1. The average Bonchev–Trinajstić information content (AvgIpc) is 3.17. The van der Waals surface area contributed by atoms with Gasteiger partial charge in [0.05, 0.1) is 22.4 Å². The van der Waals surface area contributed by atoms with Gasteiger partial charge in [-0.2, -0.15) is 0 Å². The number of aliphatic hydroxyl groups is 1. The molecule has 5 heteroatoms. The number of hydrogen-bond acceptors (Lipinski definition) is 4. The fourth-order valence-electron chi connectivity index (χ4n) is 2.43. The second kappa shape index (κ2) is 6.25. The lowest BCUT2D eigenvalue weighted by Crippen LogP contribution is -2.14. The predicted octanol–water partition coefficient (Wildman–Crippen LogP) is 2.91. The van der Waals surface area contributed by atoms with Crippen LogP contribution in [0.1, 0.15) is 31.6 Å². The Morgan fingerprint density at radius 2 is 2.36 bits per heavy atom. The molecule has 116 valence electrons. The highest BCUT2D eigenvalue weighted by Gasteiger charge is 2.18. The minimum atomic E-state index is -0.970. The van der Waals surface area contributed by atoms with Crippen molar-refractivity contribution in [1.29, 1.82) is 0 Å². The molecule has 2 aromatic heterocycles. The number of aromatic nitrogens is 2. The Hall–Kier alpha value is -1.61. The van der Waals surface area contributed by atoms with E-state index in [1.165, 1.54) is 0 Å². The van der Waals surface area contributed by atoms with E-state index in [-0.39, 0.29) is 0 Å². The molecule has 0 bridgehead atoms. The number of hydrogen-bond donors (Lipinski definition) is 1. The molecule has 3 heterocycles. The number of ether oxygens (including phenoxy) is 1. The Bertz CT molecular complexity index is 694. The van der Waals surface area contributed by atoms with Gasteiger partial charge in [0.25, 0.3) is 0 Å². The fourth-order valence-corrected chi connectivity index (χ4v) is 3.30. The van der Waals surface area contributed by atoms with E-state index >= 15 is 0 Å². The maximum Gasteiger partial charge on any atom is 0.150 e. The highest BCUT2D eigenvalue weighted by molar-refractivity contribution is 7.15. The summed E-state index contributed by atoms with van der Waals surface area (Å²) in [6.45, 7) is 5.08. The highest BCUT2D eigenvalue weighted by Crippen LogP contribution is 2.27. The molecular weight excluding hydrogens is 296 g/mol. The van der Waals surface area contributed by atoms with Crippen molar-refractivity contribution in [2.75, 3.05) is 6.61 Å². The first-order chi connectivity index (χ1) is 10.5. The van der Waals surface area contributed by atoms with Gasteiger partial charge < -0.3 is 14.4 Å². The summed E-state index contributed by atoms with van der Waals surface area (Å²) >= 11 is 1.59. The normalized spacial score (nSPS) is 18.2. The number of rotatable bonds is 3. The van der Waals surface area contributed by atoms with E-state index in [0.717, 1.165) is 41.6 Å². The Morgan fingerprint density at radius 1 is 1.50 bits per heavy atom. The molecular formula is C17H20N2O2S. The lowest BCUT2D eigenvalue weighted by atomic mass is 10.1. The van der Waals surface area contributed by atoms with Gasteiger partial charge in [0.2, 0.25) is 0 Å². The molecule has 2 aromatic rings. The van der Waals surface area contributed by atoms with Crippen molar-refractivity contribution >= 4 is 11.3 Å². The van der Waals surface area contributed by atoms with Gasteiger partial charge in [-0.3, -0.25) is 0 Å². The third kappa shape index (κ3) is 3.77. The van der Waals surface area contributed by atoms with Crippen molar-refractivity contribution in [1.82, 2.24) is 9.55 Å². The summed E-state index contributed by atoms with van der Waals surface area (Å²) in [5.41, 5.74) is -0.970. The fraction of sp³-hybridized carbons (Fsp3) is 0.471. The first-order valence-corrected chi connectivity index (χ1v) is 8.31. The summed E-state index contributed by atoms with van der Waals surface area (Å²) in [6, 6.07) is 4.01. The Morgan fingerprint density at radius 3 is 3.09 bits per heavy atom. The second-order valence-electron chi connectivity index (χ2n) is 6.01. The first kappa shape index (κ1) is 15.3. The van der Waals surface area contributed by atoms with Gasteiger partial charge in [-0.15, -0.1) is 11.3 Å². The molecule has 1 atom stereocenters. The monoisotopic (exact) mass is 316 g/mol. The van der Waals surface area contributed by atoms with E-state index < -0.39 is 5.60 Å². The lowest BCUT2D eigenvalue weighted by Gasteiger charge is -2.12. The van der Waals surface area contributed by atoms with Crippen LogP contribution in [-0.4, -0.2) is 33.0 Å². The topological polar surface area (TPSA) is 47.3 Å². The smallest absolute Gasteiger partial charge is 0.150 e. The van der Waals surface area contributed by atoms with Gasteiger partial charge in [-0.05, 0) is 38.8 Å². The molecule has 0 unspecified atom stereocenters. The van der Waals surface area contributed by atoms with Crippen LogP contribution in [-0.2, 0) is 11.3 Å². The maximum atomic E-state index is 9.67. The van der Waals surface area contributed by atoms with Gasteiger partial charge >= 0.3 is 0 Å². The third-order valence-corrected chi connectivity index (χ3v) is 4.45. The number of thiophene rings is 1.